The van der Waals surface area contributed by atoms with E-state index in [1.54, 1.807) is 6.92 Å². The standard InChI is InChI=1S/C11H22N2O3/c1-5-11(3,4)7-13-9(14)8(12)10(15)16-6-2/h8H,5-7,12H2,1-4H3,(H,13,14). The zero-order valence-corrected chi connectivity index (χ0v) is 10.5. The Morgan fingerprint density at radius 1 is 1.38 bits per heavy atom. The van der Waals surface area contributed by atoms with Gasteiger partial charge in [-0.2, -0.15) is 0 Å². The Morgan fingerprint density at radius 2 is 1.94 bits per heavy atom. The highest BCUT2D eigenvalue weighted by atomic mass is 16.5. The number of esters is 1. The Morgan fingerprint density at radius 3 is 2.38 bits per heavy atom. The second kappa shape index (κ2) is 6.48. The summed E-state index contributed by atoms with van der Waals surface area (Å²) in [5, 5.41) is 2.65. The van der Waals surface area contributed by atoms with Gasteiger partial charge in [0.1, 0.15) is 0 Å². The molecular formula is C11H22N2O3. The molecule has 0 saturated heterocycles. The third-order valence-electron chi connectivity index (χ3n) is 2.52. The van der Waals surface area contributed by atoms with Crippen molar-refractivity contribution in [1.29, 1.82) is 0 Å². The molecule has 0 fully saturated rings. The van der Waals surface area contributed by atoms with E-state index >= 15 is 0 Å². The summed E-state index contributed by atoms with van der Waals surface area (Å²) < 4.78 is 4.66. The van der Waals surface area contributed by atoms with Gasteiger partial charge < -0.3 is 15.8 Å². The Labute approximate surface area is 96.7 Å². The molecule has 1 atom stereocenters. The fourth-order valence-corrected chi connectivity index (χ4v) is 0.900. The molecule has 5 heteroatoms. The molecule has 0 aliphatic carbocycles. The number of carbonyl (C=O) groups is 2. The summed E-state index contributed by atoms with van der Waals surface area (Å²) in [6.45, 7) is 8.49. The lowest BCUT2D eigenvalue weighted by Gasteiger charge is -2.23. The van der Waals surface area contributed by atoms with Gasteiger partial charge in [0.15, 0.2) is 6.04 Å². The molecule has 0 aromatic heterocycles. The first-order valence-electron chi connectivity index (χ1n) is 5.54. The van der Waals surface area contributed by atoms with Crippen LogP contribution >= 0.6 is 0 Å². The lowest BCUT2D eigenvalue weighted by Crippen LogP contribution is -2.48. The molecule has 0 rings (SSSR count). The van der Waals surface area contributed by atoms with Crippen LogP contribution in [-0.4, -0.2) is 31.1 Å². The van der Waals surface area contributed by atoms with Crippen molar-refractivity contribution >= 4 is 11.9 Å². The van der Waals surface area contributed by atoms with Crippen molar-refractivity contribution in [3.8, 4) is 0 Å². The summed E-state index contributed by atoms with van der Waals surface area (Å²) in [6, 6.07) is -1.23. The zero-order chi connectivity index (χ0) is 12.8. The van der Waals surface area contributed by atoms with Gasteiger partial charge in [0.2, 0.25) is 5.91 Å². The number of hydrogen-bond donors (Lipinski definition) is 2. The minimum absolute atomic E-state index is 0.00401. The van der Waals surface area contributed by atoms with Gasteiger partial charge in [-0.15, -0.1) is 0 Å². The van der Waals surface area contributed by atoms with E-state index in [1.165, 1.54) is 0 Å². The Hall–Kier alpha value is -1.10. The van der Waals surface area contributed by atoms with Gasteiger partial charge >= 0.3 is 5.97 Å². The molecule has 0 aromatic rings. The maximum absolute atomic E-state index is 11.5. The summed E-state index contributed by atoms with van der Waals surface area (Å²) in [6.07, 6.45) is 0.932. The van der Waals surface area contributed by atoms with Crippen molar-refractivity contribution in [3.63, 3.8) is 0 Å². The Bertz CT molecular complexity index is 252. The molecule has 16 heavy (non-hydrogen) atoms. The van der Waals surface area contributed by atoms with Crippen molar-refractivity contribution in [2.45, 2.75) is 40.2 Å². The number of amides is 1. The summed E-state index contributed by atoms with van der Waals surface area (Å²) >= 11 is 0. The fourth-order valence-electron chi connectivity index (χ4n) is 0.900. The number of nitrogens with two attached hydrogens (primary N) is 1. The van der Waals surface area contributed by atoms with Crippen LogP contribution in [0.1, 0.15) is 34.1 Å². The average molecular weight is 230 g/mol. The normalized spacial score (nSPS) is 13.1. The van der Waals surface area contributed by atoms with E-state index in [4.69, 9.17) is 5.73 Å². The molecule has 94 valence electrons. The highest BCUT2D eigenvalue weighted by Gasteiger charge is 2.25. The highest BCUT2D eigenvalue weighted by molar-refractivity contribution is 6.01. The number of rotatable bonds is 6. The minimum Gasteiger partial charge on any atom is -0.464 e. The smallest absolute Gasteiger partial charge is 0.332 e. The molecule has 0 aliphatic rings. The topological polar surface area (TPSA) is 81.4 Å². The van der Waals surface area contributed by atoms with Crippen molar-refractivity contribution in [1.82, 2.24) is 5.32 Å². The molecule has 3 N–H and O–H groups in total. The number of nitrogens with one attached hydrogen (secondary N) is 1. The van der Waals surface area contributed by atoms with Crippen LogP contribution < -0.4 is 11.1 Å². The van der Waals surface area contributed by atoms with Crippen LogP contribution in [0.5, 0.6) is 0 Å². The predicted octanol–water partition coefficient (Wildman–Crippen LogP) is 0.429. The van der Waals surface area contributed by atoms with E-state index in [0.29, 0.717) is 6.54 Å². The average Bonchev–Trinajstić information content (AvgIpc) is 2.25. The quantitative estimate of drug-likeness (QED) is 0.512. The first-order chi connectivity index (χ1) is 7.34. The van der Waals surface area contributed by atoms with Crippen LogP contribution in [0, 0.1) is 5.41 Å². The summed E-state index contributed by atoms with van der Waals surface area (Å²) in [5.74, 6) is -1.17. The molecule has 1 amide bonds. The maximum atomic E-state index is 11.5. The first kappa shape index (κ1) is 14.9. The van der Waals surface area contributed by atoms with Crippen molar-refractivity contribution in [2.24, 2.45) is 11.1 Å². The van der Waals surface area contributed by atoms with Gasteiger partial charge in [-0.3, -0.25) is 4.79 Å². The van der Waals surface area contributed by atoms with Crippen LogP contribution in [0.4, 0.5) is 0 Å². The van der Waals surface area contributed by atoms with E-state index in [-0.39, 0.29) is 12.0 Å². The summed E-state index contributed by atoms with van der Waals surface area (Å²) in [5.41, 5.74) is 5.44. The largest absolute Gasteiger partial charge is 0.464 e. The zero-order valence-electron chi connectivity index (χ0n) is 10.5. The van der Waals surface area contributed by atoms with Gasteiger partial charge in [-0.05, 0) is 18.8 Å². The molecule has 0 bridgehead atoms. The van der Waals surface area contributed by atoms with Gasteiger partial charge in [-0.25, -0.2) is 4.79 Å². The van der Waals surface area contributed by atoms with Crippen molar-refractivity contribution < 1.29 is 14.3 Å². The van der Waals surface area contributed by atoms with Crippen LogP contribution in [0.15, 0.2) is 0 Å². The van der Waals surface area contributed by atoms with Crippen LogP contribution in [0.3, 0.4) is 0 Å². The second-order valence-electron chi connectivity index (χ2n) is 4.47. The molecule has 0 saturated carbocycles. The monoisotopic (exact) mass is 230 g/mol. The summed E-state index contributed by atoms with van der Waals surface area (Å²) in [7, 11) is 0. The third kappa shape index (κ3) is 5.11. The van der Waals surface area contributed by atoms with Crippen LogP contribution in [0.2, 0.25) is 0 Å². The van der Waals surface area contributed by atoms with E-state index < -0.39 is 17.9 Å². The van der Waals surface area contributed by atoms with Gasteiger partial charge in [-0.1, -0.05) is 20.8 Å². The van der Waals surface area contributed by atoms with Gasteiger partial charge in [0.25, 0.3) is 0 Å². The van der Waals surface area contributed by atoms with Gasteiger partial charge in [0, 0.05) is 6.54 Å². The molecule has 0 radical (unpaired) electrons. The number of carbonyl (C=O) groups excluding carboxylic acids is 2. The Balaban J connectivity index is 4.11. The first-order valence-corrected chi connectivity index (χ1v) is 5.54. The summed E-state index contributed by atoms with van der Waals surface area (Å²) in [4.78, 5) is 22.7. The molecule has 1 unspecified atom stereocenters. The van der Waals surface area contributed by atoms with Crippen LogP contribution in [-0.2, 0) is 14.3 Å². The van der Waals surface area contributed by atoms with Crippen molar-refractivity contribution in [2.75, 3.05) is 13.2 Å². The minimum atomic E-state index is -1.23. The SMILES string of the molecule is CCOC(=O)C(N)C(=O)NCC(C)(C)CC. The number of ether oxygens (including phenoxy) is 1. The third-order valence-corrected chi connectivity index (χ3v) is 2.52. The van der Waals surface area contributed by atoms with E-state index in [0.717, 1.165) is 6.42 Å². The molecule has 0 aliphatic heterocycles. The highest BCUT2D eigenvalue weighted by Crippen LogP contribution is 2.17. The van der Waals surface area contributed by atoms with E-state index in [9.17, 15) is 9.59 Å². The van der Waals surface area contributed by atoms with Crippen LogP contribution in [0.25, 0.3) is 0 Å². The van der Waals surface area contributed by atoms with E-state index in [1.807, 2.05) is 20.8 Å². The molecule has 0 spiro atoms. The van der Waals surface area contributed by atoms with E-state index in [2.05, 4.69) is 10.1 Å². The Kier molecular flexibility index (Phi) is 6.03. The second-order valence-corrected chi connectivity index (χ2v) is 4.47. The van der Waals surface area contributed by atoms with Gasteiger partial charge in [0.05, 0.1) is 6.61 Å². The fraction of sp³-hybridized carbons (Fsp3) is 0.818. The molecule has 5 nitrogen and oxygen atoms in total. The molecular weight excluding hydrogens is 208 g/mol. The molecule has 0 aromatic carbocycles. The molecule has 0 heterocycles. The maximum Gasteiger partial charge on any atom is 0.332 e. The number of hydrogen-bond acceptors (Lipinski definition) is 4. The lowest BCUT2D eigenvalue weighted by molar-refractivity contribution is -0.148. The predicted molar refractivity (Wildman–Crippen MR) is 61.7 cm³/mol. The lowest BCUT2D eigenvalue weighted by atomic mass is 9.90. The van der Waals surface area contributed by atoms with Crippen molar-refractivity contribution in [3.05, 3.63) is 0 Å².